The van der Waals surface area contributed by atoms with Crippen molar-refractivity contribution in [1.29, 1.82) is 5.26 Å². The SMILES string of the molecule is C#CCNC(=O)Nc1cc2ccc(=O)n(Cc3ccccn3)c2cc1OC.COc1cc2c(ccc(=O)n2Cc2ccccn2)cc1-n1c(C)c[nH]c1=O.COc1cc2c(ccc(=O)n2Cc2ccccn2)cc1Br.COc1cc2c(ccc(=O)n2Cc2ccccn2)cc1N.COc1cc2c(ccc(=O)n2Cc2ccccn2)cc1OC#N. The fourth-order valence-corrected chi connectivity index (χ4v) is 13.5. The lowest BCUT2D eigenvalue weighted by atomic mass is 10.1. The number of anilines is 2. The number of ether oxygens (including phenoxy) is 6. The standard InChI is InChI=1S/2C20H18N4O3.C17H13N3O3.C16H13BrN2O2.C16H15N3O2/c1-13-11-22-20(26)24(13)17-9-14-6-7-19(25)23(16(14)10-18(17)27-2)12-15-5-3-4-8-21-15;1-3-9-22-20(26)23-16-11-14-7-8-19(25)24(17(14)12-18(16)27-2)13-15-6-4-5-10-21-15;1-22-15-9-14-12(8-16(15)23-11-18)5-6-17(21)20(14)10-13-4-2-3-7-19-13;2*1-21-15-9-14-11(8-13(15)17)5-6-16(20)19(14)10-12-4-2-3-7-18-12/h3-11H,12H2,1-2H3,(H,22,26);1,4-8,10-12H,9,13H2,2H3,(H2,22,23,26);2-9H,10H2,1H3;2-9H,10H2,1H3;2-9H,10,17H2,1H3. The molecule has 0 spiro atoms. The molecule has 11 aromatic heterocycles. The highest BCUT2D eigenvalue weighted by Crippen LogP contribution is 2.35. The largest absolute Gasteiger partial charge is 0.495 e. The summed E-state index contributed by atoms with van der Waals surface area (Å²) in [4.78, 5) is 110. The second kappa shape index (κ2) is 38.9. The molecular formula is C89H77BrN16O13. The van der Waals surface area contributed by atoms with E-state index in [1.807, 2.05) is 128 Å². The van der Waals surface area contributed by atoms with Crippen molar-refractivity contribution in [1.82, 2.24) is 62.6 Å². The average molecular weight is 1660 g/mol. The molecule has 0 atom stereocenters. The Morgan fingerprint density at radius 2 is 0.798 bits per heavy atom. The predicted molar refractivity (Wildman–Crippen MR) is 459 cm³/mol. The third kappa shape index (κ3) is 19.9. The molecule has 0 bridgehead atoms. The van der Waals surface area contributed by atoms with Gasteiger partial charge in [-0.2, -0.15) is 0 Å². The highest BCUT2D eigenvalue weighted by atomic mass is 79.9. The first-order valence-electron chi connectivity index (χ1n) is 36.6. The number of H-pyrrole nitrogens is 1. The molecule has 30 heteroatoms. The molecule has 119 heavy (non-hydrogen) atoms. The van der Waals surface area contributed by atoms with Gasteiger partial charge in [-0.15, -0.1) is 11.7 Å². The monoisotopic (exact) mass is 1660 g/mol. The number of nitrogen functional groups attached to an aromatic ring is 1. The van der Waals surface area contributed by atoms with Crippen LogP contribution in [0, 0.1) is 30.8 Å². The summed E-state index contributed by atoms with van der Waals surface area (Å²) in [5.41, 5.74) is 15.2. The molecule has 16 rings (SSSR count). The number of halogens is 1. The summed E-state index contributed by atoms with van der Waals surface area (Å²) in [6, 6.07) is 61.8. The molecule has 0 saturated carbocycles. The van der Waals surface area contributed by atoms with Crippen LogP contribution in [-0.4, -0.2) is 105 Å². The van der Waals surface area contributed by atoms with Crippen molar-refractivity contribution in [2.24, 2.45) is 0 Å². The number of aromatic nitrogens is 12. The molecule has 16 aromatic rings. The van der Waals surface area contributed by atoms with E-state index < -0.39 is 6.03 Å². The summed E-state index contributed by atoms with van der Waals surface area (Å²) >= 11 is 3.46. The second-order valence-electron chi connectivity index (χ2n) is 26.1. The topological polar surface area (TPSA) is 359 Å². The average Bonchev–Trinajstić information content (AvgIpc) is 1.69. The maximum absolute atomic E-state index is 12.5. The van der Waals surface area contributed by atoms with Gasteiger partial charge in [-0.05, 0) is 150 Å². The number of nitrogens with two attached hydrogens (primary N) is 1. The van der Waals surface area contributed by atoms with Crippen LogP contribution in [0.2, 0.25) is 0 Å². The molecule has 0 saturated heterocycles. The highest BCUT2D eigenvalue weighted by Gasteiger charge is 2.19. The van der Waals surface area contributed by atoms with Gasteiger partial charge in [-0.25, -0.2) is 9.59 Å². The minimum atomic E-state index is -0.438. The van der Waals surface area contributed by atoms with Gasteiger partial charge < -0.3 is 72.6 Å². The maximum Gasteiger partial charge on any atom is 0.330 e. The molecule has 0 aliphatic rings. The number of fused-ring (bicyclic) bond motifs is 5. The summed E-state index contributed by atoms with van der Waals surface area (Å²) in [5.74, 6) is 5.22. The number of carbonyl (C=O) groups is 1. The van der Waals surface area contributed by atoms with E-state index >= 15 is 0 Å². The van der Waals surface area contributed by atoms with E-state index in [1.54, 1.807) is 159 Å². The number of hydrogen-bond acceptors (Lipinski definition) is 20. The first-order chi connectivity index (χ1) is 57.8. The number of imidazole rings is 1. The summed E-state index contributed by atoms with van der Waals surface area (Å²) in [6.45, 7) is 3.82. The van der Waals surface area contributed by atoms with Gasteiger partial charge in [0, 0.05) is 125 Å². The van der Waals surface area contributed by atoms with Gasteiger partial charge in [0.15, 0.2) is 11.5 Å². The highest BCUT2D eigenvalue weighted by molar-refractivity contribution is 9.10. The number of terminal acetylenes is 1. The van der Waals surface area contributed by atoms with Gasteiger partial charge in [0.2, 0.25) is 0 Å². The number of nitriles is 1. The van der Waals surface area contributed by atoms with Crippen LogP contribution in [-0.2, 0) is 32.7 Å². The molecule has 5 N–H and O–H groups in total. The van der Waals surface area contributed by atoms with Crippen molar-refractivity contribution in [3.63, 3.8) is 0 Å². The maximum atomic E-state index is 12.5. The van der Waals surface area contributed by atoms with E-state index in [0.29, 0.717) is 95.3 Å². The Kier molecular flexibility index (Phi) is 27.0. The number of amides is 2. The summed E-state index contributed by atoms with van der Waals surface area (Å²) in [6.07, 6.45) is 16.9. The van der Waals surface area contributed by atoms with E-state index in [0.717, 1.165) is 82.1 Å². The van der Waals surface area contributed by atoms with Gasteiger partial charge in [-0.3, -0.25) is 53.5 Å². The van der Waals surface area contributed by atoms with Crippen LogP contribution in [0.4, 0.5) is 16.2 Å². The Morgan fingerprint density at radius 1 is 0.445 bits per heavy atom. The molecule has 0 unspecified atom stereocenters. The molecule has 29 nitrogen and oxygen atoms in total. The number of aromatic amines is 1. The molecule has 598 valence electrons. The van der Waals surface area contributed by atoms with E-state index in [2.05, 4.69) is 62.4 Å². The van der Waals surface area contributed by atoms with Gasteiger partial charge in [0.05, 0.1) is 152 Å². The first kappa shape index (κ1) is 82.8. The lowest BCUT2D eigenvalue weighted by Gasteiger charge is -2.15. The van der Waals surface area contributed by atoms with Gasteiger partial charge >= 0.3 is 11.7 Å². The minimum absolute atomic E-state index is 0.0578. The lowest BCUT2D eigenvalue weighted by molar-refractivity contribution is 0.253. The second-order valence-corrected chi connectivity index (χ2v) is 27.0. The number of pyridine rings is 10. The van der Waals surface area contributed by atoms with E-state index in [4.69, 9.17) is 45.8 Å². The Morgan fingerprint density at radius 3 is 1.16 bits per heavy atom. The Bertz CT molecular complexity index is 6690. The fourth-order valence-electron chi connectivity index (χ4n) is 12.9. The van der Waals surface area contributed by atoms with Crippen LogP contribution in [0.3, 0.4) is 0 Å². The number of methoxy groups -OCH3 is 5. The summed E-state index contributed by atoms with van der Waals surface area (Å²) in [5, 5.41) is 18.2. The zero-order valence-corrected chi connectivity index (χ0v) is 66.7. The molecule has 2 amide bonds. The molecule has 11 heterocycles. The van der Waals surface area contributed by atoms with Crippen molar-refractivity contribution in [2.75, 3.05) is 53.1 Å². The first-order valence-corrected chi connectivity index (χ1v) is 37.4. The minimum Gasteiger partial charge on any atom is -0.495 e. The quantitative estimate of drug-likeness (QED) is 0.0332. The van der Waals surface area contributed by atoms with Gasteiger partial charge in [0.1, 0.15) is 23.0 Å². The van der Waals surface area contributed by atoms with Crippen molar-refractivity contribution in [2.45, 2.75) is 39.6 Å². The molecule has 0 aliphatic heterocycles. The molecule has 0 fully saturated rings. The van der Waals surface area contributed by atoms with Crippen molar-refractivity contribution in [3.05, 3.63) is 350 Å². The third-order valence-corrected chi connectivity index (χ3v) is 19.3. The van der Waals surface area contributed by atoms with Crippen LogP contribution in [0.25, 0.3) is 60.2 Å². The smallest absolute Gasteiger partial charge is 0.330 e. The van der Waals surface area contributed by atoms with Crippen LogP contribution >= 0.6 is 15.9 Å². The fraction of sp³-hybridized carbons (Fsp3) is 0.135. The van der Waals surface area contributed by atoms with E-state index in [1.165, 1.54) is 38.5 Å². The van der Waals surface area contributed by atoms with Crippen LogP contribution in [0.1, 0.15) is 34.2 Å². The molecule has 5 aromatic carbocycles. The predicted octanol–water partition coefficient (Wildman–Crippen LogP) is 12.0. The normalized spacial score (nSPS) is 10.6. The molecular weight excluding hydrogens is 1580 g/mol. The number of benzene rings is 5. The third-order valence-electron chi connectivity index (χ3n) is 18.7. The number of urea groups is 1. The van der Waals surface area contributed by atoms with Crippen molar-refractivity contribution >= 4 is 87.9 Å². The number of aryl methyl sites for hydroxylation is 1. The number of nitrogens with zero attached hydrogens (tertiary/aromatic N) is 12. The van der Waals surface area contributed by atoms with Gasteiger partial charge in [0.25, 0.3) is 34.1 Å². The Hall–Kier alpha value is -15.7. The summed E-state index contributed by atoms with van der Waals surface area (Å²) in [7, 11) is 7.69. The van der Waals surface area contributed by atoms with Crippen molar-refractivity contribution in [3.8, 4) is 58.8 Å². The lowest BCUT2D eigenvalue weighted by Crippen LogP contribution is -2.29. The van der Waals surface area contributed by atoms with Crippen molar-refractivity contribution < 1.29 is 33.2 Å². The van der Waals surface area contributed by atoms with E-state index in [-0.39, 0.29) is 40.0 Å². The zero-order valence-electron chi connectivity index (χ0n) is 65.1. The zero-order chi connectivity index (χ0) is 84.1. The number of carbonyl (C=O) groups excluding carboxylic acids is 1. The number of nitrogens with one attached hydrogen (secondary N) is 3. The Balaban J connectivity index is 0.000000137. The van der Waals surface area contributed by atoms with Crippen LogP contribution in [0.5, 0.6) is 34.5 Å². The number of hydrogen-bond donors (Lipinski definition) is 4. The van der Waals surface area contributed by atoms with E-state index in [9.17, 15) is 33.6 Å². The molecule has 0 radical (unpaired) electrons. The van der Waals surface area contributed by atoms with Crippen LogP contribution < -0.4 is 78.3 Å². The van der Waals surface area contributed by atoms with Gasteiger partial charge in [-0.1, -0.05) is 36.3 Å². The Labute approximate surface area is 687 Å². The van der Waals surface area contributed by atoms with Crippen LogP contribution in [0.15, 0.2) is 283 Å². The number of rotatable bonds is 19. The summed E-state index contributed by atoms with van der Waals surface area (Å²) < 4.78 is 42.3. The molecule has 0 aliphatic carbocycles.